The Morgan fingerprint density at radius 2 is 1.40 bits per heavy atom. The number of piperidine rings is 2. The van der Waals surface area contributed by atoms with Gasteiger partial charge in [0.15, 0.2) is 17.3 Å². The van der Waals surface area contributed by atoms with Gasteiger partial charge in [-0.15, -0.1) is 0 Å². The lowest BCUT2D eigenvalue weighted by molar-refractivity contribution is -0.0454. The SMILES string of the molecule is CN1CC[C@]23c4c5ccc(ON=NOc6ccc7c8c6O[C@H]6[C@@H](O)C=C[C@H]9[C@@H](C7=O)N(C)CC[C@@]896)c4O[C@H]2[C@@H](O)C=C[C@H]3[C@H]1C5. The molecule has 4 aliphatic carbocycles. The third-order valence-electron chi connectivity index (χ3n) is 12.4. The Balaban J connectivity index is 0.970. The molecule has 10 atom stereocenters. The van der Waals surface area contributed by atoms with Crippen molar-refractivity contribution in [3.8, 4) is 23.0 Å². The first kappa shape index (κ1) is 26.4. The summed E-state index contributed by atoms with van der Waals surface area (Å²) in [6.45, 7) is 1.66. The predicted octanol–water partition coefficient (Wildman–Crippen LogP) is 2.68. The molecule has 2 N–H and O–H groups in total. The highest BCUT2D eigenvalue weighted by atomic mass is 16.7. The zero-order valence-corrected chi connectivity index (χ0v) is 25.0. The van der Waals surface area contributed by atoms with E-state index in [4.69, 9.17) is 19.1 Å². The van der Waals surface area contributed by atoms with Crippen LogP contribution < -0.4 is 19.1 Å². The van der Waals surface area contributed by atoms with Crippen molar-refractivity contribution in [2.75, 3.05) is 27.2 Å². The van der Waals surface area contributed by atoms with Crippen LogP contribution in [-0.2, 0) is 17.3 Å². The van der Waals surface area contributed by atoms with Gasteiger partial charge in [0.1, 0.15) is 24.4 Å². The van der Waals surface area contributed by atoms with Gasteiger partial charge in [0.25, 0.3) is 0 Å². The third-order valence-corrected chi connectivity index (χ3v) is 12.4. The summed E-state index contributed by atoms with van der Waals surface area (Å²) in [6, 6.07) is 7.43. The average molecular weight is 611 g/mol. The Hall–Kier alpha value is -3.77. The van der Waals surface area contributed by atoms with Gasteiger partial charge in [0.2, 0.25) is 11.5 Å². The van der Waals surface area contributed by atoms with E-state index in [0.717, 1.165) is 43.5 Å². The van der Waals surface area contributed by atoms with Crippen LogP contribution >= 0.6 is 0 Å². The van der Waals surface area contributed by atoms with Crippen molar-refractivity contribution in [1.82, 2.24) is 9.80 Å². The minimum atomic E-state index is -0.801. The lowest BCUT2D eigenvalue weighted by atomic mass is 9.53. The maximum atomic E-state index is 13.7. The molecular formula is C34H34N4O7. The lowest BCUT2D eigenvalue weighted by Gasteiger charge is -2.56. The Labute approximate surface area is 259 Å². The number of Topliss-reactive ketones (excluding diaryl/α,β-unsaturated/α-hetero) is 1. The topological polar surface area (TPSA) is 126 Å². The molecule has 0 aromatic heterocycles. The summed E-state index contributed by atoms with van der Waals surface area (Å²) in [6.07, 6.45) is 7.94. The molecule has 2 saturated heterocycles. The summed E-state index contributed by atoms with van der Waals surface area (Å²) < 4.78 is 12.9. The Morgan fingerprint density at radius 1 is 0.800 bits per heavy atom. The number of rotatable bonds is 4. The highest BCUT2D eigenvalue weighted by Crippen LogP contribution is 2.64. The van der Waals surface area contributed by atoms with E-state index in [1.807, 2.05) is 25.3 Å². The number of hydrogen-bond donors (Lipinski definition) is 2. The highest BCUT2D eigenvalue weighted by molar-refractivity contribution is 6.05. The van der Waals surface area contributed by atoms with Crippen molar-refractivity contribution in [1.29, 1.82) is 0 Å². The molecular weight excluding hydrogens is 576 g/mol. The molecule has 11 heteroatoms. The van der Waals surface area contributed by atoms with E-state index < -0.39 is 23.7 Å². The Kier molecular flexibility index (Phi) is 5.13. The van der Waals surface area contributed by atoms with Gasteiger partial charge in [-0.1, -0.05) is 30.4 Å². The summed E-state index contributed by atoms with van der Waals surface area (Å²) >= 11 is 0. The lowest BCUT2D eigenvalue weighted by Crippen LogP contribution is -2.66. The van der Waals surface area contributed by atoms with Crippen LogP contribution in [0.1, 0.15) is 39.9 Å². The Bertz CT molecular complexity index is 1770. The predicted molar refractivity (Wildman–Crippen MR) is 159 cm³/mol. The van der Waals surface area contributed by atoms with E-state index in [9.17, 15) is 15.0 Å². The number of carbonyl (C=O) groups is 1. The van der Waals surface area contributed by atoms with Crippen molar-refractivity contribution >= 4 is 5.78 Å². The molecule has 2 fully saturated rings. The van der Waals surface area contributed by atoms with Crippen LogP contribution in [0.4, 0.5) is 0 Å². The van der Waals surface area contributed by atoms with Gasteiger partial charge in [-0.2, -0.15) is 0 Å². The fourth-order valence-electron chi connectivity index (χ4n) is 10.6. The maximum absolute atomic E-state index is 13.7. The van der Waals surface area contributed by atoms with Gasteiger partial charge in [0.05, 0.1) is 16.6 Å². The fourth-order valence-corrected chi connectivity index (χ4v) is 10.6. The van der Waals surface area contributed by atoms with Crippen molar-refractivity contribution in [2.45, 2.75) is 66.6 Å². The molecule has 8 aliphatic rings. The number of carbonyl (C=O) groups excluding carboxylic acids is 1. The van der Waals surface area contributed by atoms with E-state index >= 15 is 0 Å². The number of benzene rings is 2. The van der Waals surface area contributed by atoms with Crippen LogP contribution in [0.15, 0.2) is 59.1 Å². The zero-order chi connectivity index (χ0) is 30.4. The highest BCUT2D eigenvalue weighted by Gasteiger charge is 2.67. The smallest absolute Gasteiger partial charge is 0.202 e. The number of ketones is 1. The Morgan fingerprint density at radius 3 is 2.11 bits per heavy atom. The second-order valence-electron chi connectivity index (χ2n) is 14.1. The molecule has 11 nitrogen and oxygen atoms in total. The molecule has 232 valence electrons. The van der Waals surface area contributed by atoms with Crippen molar-refractivity contribution in [3.63, 3.8) is 0 Å². The maximum Gasteiger partial charge on any atom is 0.202 e. The third kappa shape index (κ3) is 3.03. The molecule has 4 heterocycles. The molecule has 0 saturated carbocycles. The second-order valence-corrected chi connectivity index (χ2v) is 14.1. The van der Waals surface area contributed by atoms with E-state index in [1.54, 1.807) is 18.2 Å². The van der Waals surface area contributed by atoms with Crippen LogP contribution in [-0.4, -0.2) is 89.5 Å². The standard InChI is InChI=1S/C34H34N4O7/c1-37-13-11-33-18-5-7-21(39)31(33)42-29-23(9-3-16(25(29)33)15-20(18)37)44-35-36-45-24-10-4-17-26-30(24)43-32-22(40)8-6-19-27(28(17)41)38(2)14-12-34(19,26)32/h3-10,18-22,27,31-32,39-40H,11-15H2,1-2H3/t18-,19-,20+,21-,22-,27-,31-,32-,33-,34-/m0/s1. The molecule has 4 bridgehead atoms. The summed E-state index contributed by atoms with van der Waals surface area (Å²) in [5.41, 5.74) is 2.95. The van der Waals surface area contributed by atoms with Gasteiger partial charge in [-0.05, 0) is 70.2 Å². The van der Waals surface area contributed by atoms with Crippen LogP contribution in [0, 0.1) is 11.8 Å². The number of hydrogen-bond acceptors (Lipinski definition) is 11. The van der Waals surface area contributed by atoms with Crippen LogP contribution in [0.2, 0.25) is 0 Å². The molecule has 0 unspecified atom stereocenters. The van der Waals surface area contributed by atoms with E-state index in [2.05, 4.69) is 39.5 Å². The molecule has 2 spiro atoms. The van der Waals surface area contributed by atoms with Crippen molar-refractivity contribution in [3.05, 3.63) is 70.8 Å². The first-order valence-electron chi connectivity index (χ1n) is 15.9. The molecule has 10 rings (SSSR count). The van der Waals surface area contributed by atoms with E-state index in [-0.39, 0.29) is 35.2 Å². The summed E-state index contributed by atoms with van der Waals surface area (Å²) in [4.78, 5) is 29.8. The number of likely N-dealkylation sites (N-methyl/N-ethyl adjacent to an activating group) is 2. The van der Waals surface area contributed by atoms with E-state index in [0.29, 0.717) is 34.6 Å². The molecule has 45 heavy (non-hydrogen) atoms. The molecule has 0 radical (unpaired) electrons. The quantitative estimate of drug-likeness (QED) is 0.305. The van der Waals surface area contributed by atoms with Gasteiger partial charge in [-0.3, -0.25) is 9.69 Å². The molecule has 0 amide bonds. The first-order valence-corrected chi connectivity index (χ1v) is 15.9. The zero-order valence-electron chi connectivity index (χ0n) is 25.0. The van der Waals surface area contributed by atoms with Gasteiger partial charge < -0.3 is 34.3 Å². The number of aliphatic hydroxyl groups is 2. The molecule has 2 aromatic rings. The van der Waals surface area contributed by atoms with Crippen molar-refractivity contribution in [2.24, 2.45) is 22.4 Å². The number of nitrogens with zero attached hydrogens (tertiary/aromatic N) is 4. The van der Waals surface area contributed by atoms with Crippen LogP contribution in [0.25, 0.3) is 0 Å². The number of aliphatic hydroxyl groups excluding tert-OH is 2. The number of ether oxygens (including phenoxy) is 2. The molecule has 2 aromatic carbocycles. The summed E-state index contributed by atoms with van der Waals surface area (Å²) in [7, 11) is 4.16. The summed E-state index contributed by atoms with van der Waals surface area (Å²) in [5.74, 6) is 1.99. The van der Waals surface area contributed by atoms with Crippen LogP contribution in [0.5, 0.6) is 23.0 Å². The largest absolute Gasteiger partial charge is 0.482 e. The van der Waals surface area contributed by atoms with Gasteiger partial charge in [-0.25, -0.2) is 0 Å². The van der Waals surface area contributed by atoms with E-state index in [1.165, 1.54) is 5.56 Å². The van der Waals surface area contributed by atoms with Crippen molar-refractivity contribution < 1.29 is 34.2 Å². The minimum absolute atomic E-state index is 0.0554. The van der Waals surface area contributed by atoms with Gasteiger partial charge in [0, 0.05) is 45.4 Å². The minimum Gasteiger partial charge on any atom is -0.482 e. The molecule has 4 aliphatic heterocycles. The normalized spacial score (nSPS) is 41.0. The number of likely N-dealkylation sites (tertiary alicyclic amines) is 2. The van der Waals surface area contributed by atoms with Crippen LogP contribution in [0.3, 0.4) is 0 Å². The first-order chi connectivity index (χ1) is 21.8. The average Bonchev–Trinajstić information content (AvgIpc) is 3.58. The van der Waals surface area contributed by atoms with Gasteiger partial charge >= 0.3 is 0 Å². The fraction of sp³-hybridized carbons (Fsp3) is 0.500. The summed E-state index contributed by atoms with van der Waals surface area (Å²) in [5, 5.41) is 29.8. The monoisotopic (exact) mass is 610 g/mol. The second kappa shape index (κ2) is 8.73.